The van der Waals surface area contributed by atoms with Crippen LogP contribution in [0.15, 0.2) is 78.2 Å². The smallest absolute Gasteiger partial charge is 0.347 e. The van der Waals surface area contributed by atoms with Crippen LogP contribution < -0.4 is 24.7 Å². The molecule has 3 aromatic carbocycles. The lowest BCUT2D eigenvalue weighted by Gasteiger charge is -2.27. The van der Waals surface area contributed by atoms with Crippen molar-refractivity contribution in [1.29, 1.82) is 5.26 Å². The number of ether oxygens (including phenoxy) is 4. The van der Waals surface area contributed by atoms with Crippen LogP contribution >= 0.6 is 0 Å². The predicted molar refractivity (Wildman–Crippen MR) is 135 cm³/mol. The molecule has 0 saturated heterocycles. The van der Waals surface area contributed by atoms with E-state index in [4.69, 9.17) is 24.7 Å². The van der Waals surface area contributed by atoms with Gasteiger partial charge in [0.15, 0.2) is 0 Å². The van der Waals surface area contributed by atoms with Crippen LogP contribution in [0.4, 0.5) is 0 Å². The van der Waals surface area contributed by atoms with Crippen molar-refractivity contribution in [2.75, 3.05) is 13.7 Å². The van der Waals surface area contributed by atoms with Gasteiger partial charge in [-0.3, -0.25) is 0 Å². The Bertz CT molecular complexity index is 1310. The quantitative estimate of drug-likeness (QED) is 0.236. The molecule has 184 valence electrons. The van der Waals surface area contributed by atoms with Gasteiger partial charge in [-0.1, -0.05) is 50.1 Å². The molecule has 4 rings (SSSR count). The molecule has 7 nitrogen and oxygen atoms in total. The van der Waals surface area contributed by atoms with Crippen LogP contribution in [-0.2, 0) is 0 Å². The van der Waals surface area contributed by atoms with Crippen molar-refractivity contribution in [3.8, 4) is 29.1 Å². The number of unbranched alkanes of at least 4 members (excludes halogenated alkanes) is 2. The number of allylic oxidation sites excluding steroid dienone is 1. The minimum atomic E-state index is -0.560. The summed E-state index contributed by atoms with van der Waals surface area (Å²) in [5, 5.41) is 9.82. The van der Waals surface area contributed by atoms with Gasteiger partial charge in [0.05, 0.1) is 19.6 Å². The summed E-state index contributed by atoms with van der Waals surface area (Å²) in [6.45, 7) is 2.82. The molecule has 1 aliphatic rings. The number of hydrogen-bond donors (Lipinski definition) is 1. The van der Waals surface area contributed by atoms with Crippen molar-refractivity contribution < 1.29 is 23.7 Å². The third-order valence-electron chi connectivity index (χ3n) is 5.96. The normalized spacial score (nSPS) is 14.3. The van der Waals surface area contributed by atoms with Crippen molar-refractivity contribution in [1.82, 2.24) is 0 Å². The zero-order valence-electron chi connectivity index (χ0n) is 20.3. The number of benzene rings is 3. The lowest BCUT2D eigenvalue weighted by atomic mass is 9.83. The van der Waals surface area contributed by atoms with E-state index in [9.17, 15) is 10.1 Å². The molecule has 0 bridgehead atoms. The van der Waals surface area contributed by atoms with Crippen LogP contribution in [0.2, 0.25) is 0 Å². The summed E-state index contributed by atoms with van der Waals surface area (Å²) in [6, 6.07) is 21.7. The molecular weight excluding hydrogens is 456 g/mol. The van der Waals surface area contributed by atoms with E-state index < -0.39 is 11.9 Å². The van der Waals surface area contributed by atoms with Crippen molar-refractivity contribution in [3.05, 3.63) is 94.9 Å². The molecule has 0 saturated carbocycles. The number of carbonyl (C=O) groups excluding carboxylic acids is 1. The van der Waals surface area contributed by atoms with Gasteiger partial charge in [0, 0.05) is 11.6 Å². The fourth-order valence-corrected chi connectivity index (χ4v) is 4.12. The molecular formula is C29H28N2O5. The second kappa shape index (κ2) is 11.3. The molecule has 0 aromatic heterocycles. The number of fused-ring (bicyclic) bond motifs is 1. The number of nitriles is 1. The first-order chi connectivity index (χ1) is 17.5. The molecule has 2 N–H and O–H groups in total. The van der Waals surface area contributed by atoms with E-state index in [0.29, 0.717) is 29.2 Å². The molecule has 1 atom stereocenters. The predicted octanol–water partition coefficient (Wildman–Crippen LogP) is 5.70. The average molecular weight is 485 g/mol. The standard InChI is InChI=1S/C29H28N2O5/c1-3-4-7-16-34-20-12-10-19(11-13-20)27-22-15-14-21(17-26(22)36-28(31)24(27)18-30)35-29(32)23-8-5-6-9-25(23)33-2/h5-6,8-15,17,27H,3-4,7,16,31H2,1-2H3. The Morgan fingerprint density at radius 3 is 2.53 bits per heavy atom. The first-order valence-corrected chi connectivity index (χ1v) is 11.8. The SMILES string of the molecule is CCCCCOc1ccc(C2C(C#N)=C(N)Oc3cc(OC(=O)c4ccccc4OC)ccc32)cc1. The van der Waals surface area contributed by atoms with Gasteiger partial charge in [-0.15, -0.1) is 0 Å². The number of hydrogen-bond acceptors (Lipinski definition) is 7. The maximum Gasteiger partial charge on any atom is 0.347 e. The maximum atomic E-state index is 12.7. The number of methoxy groups -OCH3 is 1. The lowest BCUT2D eigenvalue weighted by molar-refractivity contribution is 0.0731. The molecule has 1 aliphatic heterocycles. The monoisotopic (exact) mass is 484 g/mol. The van der Waals surface area contributed by atoms with Crippen LogP contribution in [0.5, 0.6) is 23.0 Å². The van der Waals surface area contributed by atoms with Crippen LogP contribution in [0.25, 0.3) is 0 Å². The van der Waals surface area contributed by atoms with E-state index in [1.807, 2.05) is 24.3 Å². The van der Waals surface area contributed by atoms with Gasteiger partial charge in [-0.25, -0.2) is 4.79 Å². The molecule has 3 aromatic rings. The third-order valence-corrected chi connectivity index (χ3v) is 5.96. The largest absolute Gasteiger partial charge is 0.496 e. The van der Waals surface area contributed by atoms with Gasteiger partial charge in [0.1, 0.15) is 40.2 Å². The molecule has 0 aliphatic carbocycles. The first kappa shape index (κ1) is 24.7. The van der Waals surface area contributed by atoms with Gasteiger partial charge in [-0.05, 0) is 42.3 Å². The number of esters is 1. The van der Waals surface area contributed by atoms with Crippen LogP contribution in [0.3, 0.4) is 0 Å². The van der Waals surface area contributed by atoms with Gasteiger partial charge < -0.3 is 24.7 Å². The number of para-hydroxylation sites is 1. The molecule has 0 amide bonds. The van der Waals surface area contributed by atoms with E-state index in [1.54, 1.807) is 42.5 Å². The summed E-state index contributed by atoms with van der Waals surface area (Å²) in [5.41, 5.74) is 8.36. The first-order valence-electron chi connectivity index (χ1n) is 11.8. The molecule has 1 unspecified atom stereocenters. The number of nitrogens with two attached hydrogens (primary N) is 1. The topological polar surface area (TPSA) is 104 Å². The summed E-state index contributed by atoms with van der Waals surface area (Å²) in [4.78, 5) is 12.7. The van der Waals surface area contributed by atoms with Gasteiger partial charge in [0.2, 0.25) is 5.88 Å². The molecule has 36 heavy (non-hydrogen) atoms. The summed E-state index contributed by atoms with van der Waals surface area (Å²) in [5.74, 6) is 0.927. The van der Waals surface area contributed by atoms with E-state index in [-0.39, 0.29) is 11.6 Å². The number of nitrogens with zero attached hydrogens (tertiary/aromatic N) is 1. The summed E-state index contributed by atoms with van der Waals surface area (Å²) in [6.07, 6.45) is 3.27. The molecule has 0 fully saturated rings. The molecule has 7 heteroatoms. The Morgan fingerprint density at radius 2 is 1.81 bits per heavy atom. The van der Waals surface area contributed by atoms with E-state index in [1.165, 1.54) is 7.11 Å². The van der Waals surface area contributed by atoms with Gasteiger partial charge in [0.25, 0.3) is 0 Å². The fraction of sp³-hybridized carbons (Fsp3) is 0.241. The average Bonchev–Trinajstić information content (AvgIpc) is 2.90. The summed E-state index contributed by atoms with van der Waals surface area (Å²) >= 11 is 0. The van der Waals surface area contributed by atoms with Crippen molar-refractivity contribution >= 4 is 5.97 Å². The van der Waals surface area contributed by atoms with Crippen LogP contribution in [0.1, 0.15) is 53.6 Å². The Balaban J connectivity index is 1.59. The van der Waals surface area contributed by atoms with Crippen LogP contribution in [-0.4, -0.2) is 19.7 Å². The van der Waals surface area contributed by atoms with Gasteiger partial charge >= 0.3 is 5.97 Å². The Labute approximate surface area is 210 Å². The minimum Gasteiger partial charge on any atom is -0.496 e. The Morgan fingerprint density at radius 1 is 1.06 bits per heavy atom. The zero-order chi connectivity index (χ0) is 25.5. The lowest BCUT2D eigenvalue weighted by Crippen LogP contribution is -2.21. The number of rotatable bonds is 9. The van der Waals surface area contributed by atoms with E-state index in [0.717, 1.165) is 36.1 Å². The summed E-state index contributed by atoms with van der Waals surface area (Å²) in [7, 11) is 1.49. The van der Waals surface area contributed by atoms with Crippen molar-refractivity contribution in [2.45, 2.75) is 32.1 Å². The molecule has 0 spiro atoms. The highest BCUT2D eigenvalue weighted by Crippen LogP contribution is 2.43. The molecule has 1 heterocycles. The number of carbonyl (C=O) groups is 1. The Kier molecular flexibility index (Phi) is 7.76. The summed E-state index contributed by atoms with van der Waals surface area (Å²) < 4.78 is 22.4. The fourth-order valence-electron chi connectivity index (χ4n) is 4.12. The minimum absolute atomic E-state index is 0.0168. The second-order valence-corrected chi connectivity index (χ2v) is 8.34. The van der Waals surface area contributed by atoms with E-state index >= 15 is 0 Å². The van der Waals surface area contributed by atoms with Crippen molar-refractivity contribution in [2.24, 2.45) is 5.73 Å². The second-order valence-electron chi connectivity index (χ2n) is 8.34. The van der Waals surface area contributed by atoms with Crippen LogP contribution in [0, 0.1) is 11.3 Å². The highest BCUT2D eigenvalue weighted by molar-refractivity contribution is 5.94. The van der Waals surface area contributed by atoms with E-state index in [2.05, 4.69) is 13.0 Å². The highest BCUT2D eigenvalue weighted by atomic mass is 16.5. The zero-order valence-corrected chi connectivity index (χ0v) is 20.3. The Hall–Kier alpha value is -4.44. The maximum absolute atomic E-state index is 12.7. The third kappa shape index (κ3) is 5.28. The van der Waals surface area contributed by atoms with Gasteiger partial charge in [-0.2, -0.15) is 5.26 Å². The highest BCUT2D eigenvalue weighted by Gasteiger charge is 2.31. The molecule has 0 radical (unpaired) electrons. The van der Waals surface area contributed by atoms with Crippen molar-refractivity contribution in [3.63, 3.8) is 0 Å².